The van der Waals surface area contributed by atoms with Crippen molar-refractivity contribution in [3.63, 3.8) is 0 Å². The zero-order valence-corrected chi connectivity index (χ0v) is 8.23. The number of aliphatic hydroxyl groups is 1. The molecule has 0 aromatic heterocycles. The van der Waals surface area contributed by atoms with Gasteiger partial charge in [0.25, 0.3) is 5.69 Å². The van der Waals surface area contributed by atoms with Crippen molar-refractivity contribution >= 4 is 5.69 Å². The fourth-order valence-corrected chi connectivity index (χ4v) is 1.46. The highest BCUT2D eigenvalue weighted by Gasteiger charge is 2.17. The van der Waals surface area contributed by atoms with Crippen LogP contribution in [0.15, 0.2) is 18.2 Å². The molecule has 14 heavy (non-hydrogen) atoms. The average Bonchev–Trinajstić information content (AvgIpc) is 2.01. The quantitative estimate of drug-likeness (QED) is 0.591. The summed E-state index contributed by atoms with van der Waals surface area (Å²) in [5, 5.41) is 19.9. The number of hydrogen-bond donors (Lipinski definition) is 1. The highest BCUT2D eigenvalue weighted by molar-refractivity contribution is 5.47. The maximum Gasteiger partial charge on any atom is 0.275 e. The van der Waals surface area contributed by atoms with E-state index in [2.05, 4.69) is 0 Å². The molecule has 4 nitrogen and oxygen atoms in total. The molecule has 4 heteroatoms. The van der Waals surface area contributed by atoms with Crippen LogP contribution in [-0.2, 0) is 6.42 Å². The third-order valence-electron chi connectivity index (χ3n) is 2.02. The Balaban J connectivity index is 3.14. The van der Waals surface area contributed by atoms with Crippen LogP contribution >= 0.6 is 0 Å². The molecular formula is C10H13NO3. The van der Waals surface area contributed by atoms with Gasteiger partial charge in [-0.15, -0.1) is 0 Å². The van der Waals surface area contributed by atoms with Crippen molar-refractivity contribution in [1.82, 2.24) is 0 Å². The summed E-state index contributed by atoms with van der Waals surface area (Å²) in [4.78, 5) is 10.4. The summed E-state index contributed by atoms with van der Waals surface area (Å²) in [6.45, 7) is 3.32. The highest BCUT2D eigenvalue weighted by Crippen LogP contribution is 2.23. The number of nitro groups is 1. The van der Waals surface area contributed by atoms with E-state index in [1.165, 1.54) is 0 Å². The fourth-order valence-electron chi connectivity index (χ4n) is 1.46. The second-order valence-corrected chi connectivity index (χ2v) is 3.39. The zero-order chi connectivity index (χ0) is 10.7. The van der Waals surface area contributed by atoms with Crippen molar-refractivity contribution in [3.8, 4) is 0 Å². The van der Waals surface area contributed by atoms with Crippen molar-refractivity contribution in [2.75, 3.05) is 0 Å². The van der Waals surface area contributed by atoms with Crippen molar-refractivity contribution in [3.05, 3.63) is 39.4 Å². The number of nitrogens with zero attached hydrogens (tertiary/aromatic N) is 1. The molecule has 0 fully saturated rings. The van der Waals surface area contributed by atoms with Gasteiger partial charge in [0, 0.05) is 17.5 Å². The Morgan fingerprint density at radius 3 is 2.71 bits per heavy atom. The van der Waals surface area contributed by atoms with Gasteiger partial charge in [-0.3, -0.25) is 10.1 Å². The molecule has 0 bridgehead atoms. The molecule has 0 saturated heterocycles. The number of hydrogen-bond acceptors (Lipinski definition) is 3. The van der Waals surface area contributed by atoms with E-state index >= 15 is 0 Å². The smallest absolute Gasteiger partial charge is 0.275 e. The molecule has 1 aromatic carbocycles. The lowest BCUT2D eigenvalue weighted by Crippen LogP contribution is -2.07. The molecule has 1 aromatic rings. The minimum absolute atomic E-state index is 0.119. The molecule has 1 atom stereocenters. The number of nitro benzene ring substituents is 1. The van der Waals surface area contributed by atoms with Crippen LogP contribution in [-0.4, -0.2) is 16.1 Å². The van der Waals surface area contributed by atoms with E-state index in [-0.39, 0.29) is 5.69 Å². The Morgan fingerprint density at radius 2 is 2.21 bits per heavy atom. The van der Waals surface area contributed by atoms with E-state index in [9.17, 15) is 15.2 Å². The first-order valence-electron chi connectivity index (χ1n) is 4.43. The van der Waals surface area contributed by atoms with Crippen molar-refractivity contribution in [2.45, 2.75) is 26.4 Å². The van der Waals surface area contributed by atoms with Crippen LogP contribution in [0.2, 0.25) is 0 Å². The van der Waals surface area contributed by atoms with Gasteiger partial charge >= 0.3 is 0 Å². The lowest BCUT2D eigenvalue weighted by molar-refractivity contribution is -0.386. The summed E-state index contributed by atoms with van der Waals surface area (Å²) in [6, 6.07) is 5.14. The first-order valence-corrected chi connectivity index (χ1v) is 4.43. The molecule has 76 valence electrons. The number of para-hydroxylation sites is 1. The molecule has 0 aliphatic rings. The SMILES string of the molecule is Cc1cccc(C[C@@H](C)O)c1[N+](=O)[O-]. The molecular weight excluding hydrogens is 182 g/mol. The fraction of sp³-hybridized carbons (Fsp3) is 0.400. The highest BCUT2D eigenvalue weighted by atomic mass is 16.6. The topological polar surface area (TPSA) is 63.4 Å². The number of aryl methyl sites for hydroxylation is 1. The van der Waals surface area contributed by atoms with Gasteiger partial charge in [-0.25, -0.2) is 0 Å². The Morgan fingerprint density at radius 1 is 1.57 bits per heavy atom. The van der Waals surface area contributed by atoms with E-state index in [0.29, 0.717) is 17.5 Å². The molecule has 0 saturated carbocycles. The minimum atomic E-state index is -0.560. The first kappa shape index (κ1) is 10.7. The van der Waals surface area contributed by atoms with Crippen molar-refractivity contribution in [1.29, 1.82) is 0 Å². The van der Waals surface area contributed by atoms with Crippen LogP contribution in [0.1, 0.15) is 18.1 Å². The molecule has 0 unspecified atom stereocenters. The Hall–Kier alpha value is -1.42. The molecule has 1 rings (SSSR count). The second kappa shape index (κ2) is 4.19. The predicted octanol–water partition coefficient (Wildman–Crippen LogP) is 1.83. The van der Waals surface area contributed by atoms with Crippen LogP contribution in [0.3, 0.4) is 0 Å². The summed E-state index contributed by atoms with van der Waals surface area (Å²) in [6.07, 6.45) is -0.242. The molecule has 0 radical (unpaired) electrons. The Bertz CT molecular complexity index is 347. The number of rotatable bonds is 3. The third kappa shape index (κ3) is 2.29. The van der Waals surface area contributed by atoms with Gasteiger partial charge in [-0.2, -0.15) is 0 Å². The first-order chi connectivity index (χ1) is 6.52. The summed E-state index contributed by atoms with van der Waals surface area (Å²) < 4.78 is 0. The van der Waals surface area contributed by atoms with E-state index in [1.54, 1.807) is 32.0 Å². The summed E-state index contributed by atoms with van der Waals surface area (Å²) >= 11 is 0. The zero-order valence-electron chi connectivity index (χ0n) is 8.23. The number of aliphatic hydroxyl groups excluding tert-OH is 1. The molecule has 0 heterocycles. The molecule has 0 aliphatic carbocycles. The van der Waals surface area contributed by atoms with E-state index in [0.717, 1.165) is 0 Å². The number of benzene rings is 1. The molecule has 0 amide bonds. The van der Waals surface area contributed by atoms with Gasteiger partial charge in [0.15, 0.2) is 0 Å². The monoisotopic (exact) mass is 195 g/mol. The van der Waals surface area contributed by atoms with Gasteiger partial charge in [-0.1, -0.05) is 18.2 Å². The van der Waals surface area contributed by atoms with E-state index in [1.807, 2.05) is 0 Å². The van der Waals surface area contributed by atoms with Gasteiger partial charge in [0.05, 0.1) is 11.0 Å². The predicted molar refractivity (Wildman–Crippen MR) is 53.2 cm³/mol. The lowest BCUT2D eigenvalue weighted by atomic mass is 10.0. The molecule has 0 spiro atoms. The van der Waals surface area contributed by atoms with Gasteiger partial charge in [-0.05, 0) is 13.8 Å². The Kier molecular flexibility index (Phi) is 3.19. The lowest BCUT2D eigenvalue weighted by Gasteiger charge is -2.06. The summed E-state index contributed by atoms with van der Waals surface area (Å²) in [7, 11) is 0. The van der Waals surface area contributed by atoms with Crippen LogP contribution in [0.5, 0.6) is 0 Å². The van der Waals surface area contributed by atoms with Gasteiger partial charge in [0.2, 0.25) is 0 Å². The van der Waals surface area contributed by atoms with Crippen LogP contribution in [0, 0.1) is 17.0 Å². The second-order valence-electron chi connectivity index (χ2n) is 3.39. The van der Waals surface area contributed by atoms with E-state index in [4.69, 9.17) is 0 Å². The standard InChI is InChI=1S/C10H13NO3/c1-7-4-3-5-9(6-8(2)12)10(7)11(13)14/h3-5,8,12H,6H2,1-2H3/t8-/m1/s1. The van der Waals surface area contributed by atoms with Crippen molar-refractivity contribution < 1.29 is 10.0 Å². The largest absolute Gasteiger partial charge is 0.393 e. The van der Waals surface area contributed by atoms with Crippen LogP contribution in [0.4, 0.5) is 5.69 Å². The third-order valence-corrected chi connectivity index (χ3v) is 2.02. The summed E-state index contributed by atoms with van der Waals surface area (Å²) in [5.41, 5.74) is 1.34. The maximum absolute atomic E-state index is 10.7. The minimum Gasteiger partial charge on any atom is -0.393 e. The summed E-state index contributed by atoms with van der Waals surface area (Å²) in [5.74, 6) is 0. The van der Waals surface area contributed by atoms with Crippen LogP contribution in [0.25, 0.3) is 0 Å². The molecule has 1 N–H and O–H groups in total. The molecule has 0 aliphatic heterocycles. The van der Waals surface area contributed by atoms with Crippen LogP contribution < -0.4 is 0 Å². The van der Waals surface area contributed by atoms with Crippen molar-refractivity contribution in [2.24, 2.45) is 0 Å². The van der Waals surface area contributed by atoms with Gasteiger partial charge in [0.1, 0.15) is 0 Å². The van der Waals surface area contributed by atoms with E-state index < -0.39 is 11.0 Å². The van der Waals surface area contributed by atoms with Gasteiger partial charge < -0.3 is 5.11 Å². The Labute approximate surface area is 82.3 Å². The maximum atomic E-state index is 10.7. The normalized spacial score (nSPS) is 12.5. The average molecular weight is 195 g/mol.